The van der Waals surface area contributed by atoms with Crippen LogP contribution in [0.25, 0.3) is 0 Å². The molecule has 0 bridgehead atoms. The van der Waals surface area contributed by atoms with Gasteiger partial charge in [-0.3, -0.25) is 4.79 Å². The van der Waals surface area contributed by atoms with Gasteiger partial charge in [0.2, 0.25) is 0 Å². The van der Waals surface area contributed by atoms with Crippen molar-refractivity contribution < 1.29 is 23.4 Å². The van der Waals surface area contributed by atoms with Gasteiger partial charge in [0.15, 0.2) is 5.03 Å². The molecule has 8 nitrogen and oxygen atoms in total. The Kier molecular flexibility index (Phi) is 4.21. The summed E-state index contributed by atoms with van der Waals surface area (Å²) in [5, 5.41) is 17.2. The maximum absolute atomic E-state index is 11.7. The number of aliphatic hydroxyl groups is 1. The van der Waals surface area contributed by atoms with E-state index in [-0.39, 0.29) is 11.4 Å². The molecule has 0 radical (unpaired) electrons. The number of hydrogen-bond donors (Lipinski definition) is 4. The number of aryl methyl sites for hydroxylation is 1. The van der Waals surface area contributed by atoms with Gasteiger partial charge < -0.3 is 15.2 Å². The summed E-state index contributed by atoms with van der Waals surface area (Å²) < 4.78 is 25.4. The number of aromatic nitrogens is 2. The third kappa shape index (κ3) is 3.51. The molecule has 0 saturated heterocycles. The number of carboxylic acid groups (broad SMARTS) is 1. The molecule has 0 aliphatic carbocycles. The van der Waals surface area contributed by atoms with Crippen molar-refractivity contribution in [3.63, 3.8) is 0 Å². The molecule has 17 heavy (non-hydrogen) atoms. The second kappa shape index (κ2) is 5.25. The average molecular weight is 263 g/mol. The first-order chi connectivity index (χ1) is 7.86. The van der Waals surface area contributed by atoms with Gasteiger partial charge in [-0.15, -0.1) is 0 Å². The van der Waals surface area contributed by atoms with Gasteiger partial charge in [-0.05, 0) is 13.3 Å². The van der Waals surface area contributed by atoms with Crippen molar-refractivity contribution in [2.75, 3.05) is 6.61 Å². The Labute approximate surface area is 97.7 Å². The van der Waals surface area contributed by atoms with E-state index in [9.17, 15) is 13.2 Å². The first-order valence-corrected chi connectivity index (χ1v) is 6.22. The Bertz CT molecular complexity index is 495. The quantitative estimate of drug-likeness (QED) is 0.511. The van der Waals surface area contributed by atoms with E-state index in [4.69, 9.17) is 10.2 Å². The fraction of sp³-hybridized carbons (Fsp3) is 0.500. The van der Waals surface area contributed by atoms with Crippen molar-refractivity contribution in [1.82, 2.24) is 14.7 Å². The summed E-state index contributed by atoms with van der Waals surface area (Å²) in [7, 11) is -3.97. The number of carboxylic acids is 1. The molecule has 9 heteroatoms. The fourth-order valence-electron chi connectivity index (χ4n) is 1.15. The first-order valence-electron chi connectivity index (χ1n) is 4.74. The molecule has 1 aromatic heterocycles. The number of rotatable bonds is 6. The molecule has 0 aromatic carbocycles. The molecule has 0 aliphatic rings. The van der Waals surface area contributed by atoms with Crippen LogP contribution in [0.15, 0.2) is 11.2 Å². The maximum Gasteiger partial charge on any atom is 0.321 e. The maximum atomic E-state index is 11.7. The number of aromatic amines is 1. The second-order valence-electron chi connectivity index (χ2n) is 3.36. The van der Waals surface area contributed by atoms with Crippen molar-refractivity contribution in [3.8, 4) is 0 Å². The van der Waals surface area contributed by atoms with E-state index >= 15 is 0 Å². The zero-order valence-corrected chi connectivity index (χ0v) is 9.86. The number of aliphatic hydroxyl groups excluding tert-OH is 1. The van der Waals surface area contributed by atoms with Crippen LogP contribution in [0, 0.1) is 6.92 Å². The van der Waals surface area contributed by atoms with E-state index in [0.717, 1.165) is 6.20 Å². The van der Waals surface area contributed by atoms with Crippen molar-refractivity contribution in [2.45, 2.75) is 24.4 Å². The number of nitrogens with one attached hydrogen (secondary N) is 2. The highest BCUT2D eigenvalue weighted by atomic mass is 32.2. The van der Waals surface area contributed by atoms with Gasteiger partial charge >= 0.3 is 5.97 Å². The summed E-state index contributed by atoms with van der Waals surface area (Å²) in [6, 6.07) is -1.37. The Morgan fingerprint density at radius 1 is 1.65 bits per heavy atom. The molecule has 96 valence electrons. The zero-order chi connectivity index (χ0) is 13.1. The Morgan fingerprint density at radius 2 is 2.29 bits per heavy atom. The number of nitrogens with zero attached hydrogens (tertiary/aromatic N) is 1. The van der Waals surface area contributed by atoms with Crippen LogP contribution in [0.5, 0.6) is 0 Å². The van der Waals surface area contributed by atoms with E-state index < -0.39 is 28.6 Å². The molecule has 0 fully saturated rings. The minimum atomic E-state index is -3.97. The summed E-state index contributed by atoms with van der Waals surface area (Å²) in [6.45, 7) is 1.14. The fourth-order valence-corrected chi connectivity index (χ4v) is 2.34. The molecule has 1 aromatic rings. The SMILES string of the molecule is Cc1ncc(S(=O)(=O)N[C@H](CCO)C(=O)O)[nH]1. The van der Waals surface area contributed by atoms with Crippen LogP contribution in [-0.2, 0) is 14.8 Å². The van der Waals surface area contributed by atoms with Crippen molar-refractivity contribution >= 4 is 16.0 Å². The van der Waals surface area contributed by atoms with Gasteiger partial charge in [0.1, 0.15) is 11.9 Å². The van der Waals surface area contributed by atoms with Gasteiger partial charge in [-0.1, -0.05) is 0 Å². The van der Waals surface area contributed by atoms with Crippen molar-refractivity contribution in [3.05, 3.63) is 12.0 Å². The van der Waals surface area contributed by atoms with Gasteiger partial charge in [0.05, 0.1) is 6.20 Å². The summed E-state index contributed by atoms with van der Waals surface area (Å²) in [5.41, 5.74) is 0. The second-order valence-corrected chi connectivity index (χ2v) is 5.04. The molecule has 0 aliphatic heterocycles. The molecule has 1 heterocycles. The third-order valence-corrected chi connectivity index (χ3v) is 3.36. The molecule has 1 rings (SSSR count). The lowest BCUT2D eigenvalue weighted by molar-refractivity contribution is -0.139. The van der Waals surface area contributed by atoms with Gasteiger partial charge in [0, 0.05) is 6.61 Å². The van der Waals surface area contributed by atoms with Crippen LogP contribution >= 0.6 is 0 Å². The minimum absolute atomic E-state index is 0.207. The molecule has 4 N–H and O–H groups in total. The molecular weight excluding hydrogens is 250 g/mol. The monoisotopic (exact) mass is 263 g/mol. The minimum Gasteiger partial charge on any atom is -0.480 e. The van der Waals surface area contributed by atoms with Crippen LogP contribution in [0.1, 0.15) is 12.2 Å². The Morgan fingerprint density at radius 3 is 2.71 bits per heavy atom. The zero-order valence-electron chi connectivity index (χ0n) is 9.04. The molecule has 1 atom stereocenters. The van der Waals surface area contributed by atoms with Crippen molar-refractivity contribution in [1.29, 1.82) is 0 Å². The lowest BCUT2D eigenvalue weighted by atomic mass is 10.2. The summed E-state index contributed by atoms with van der Waals surface area (Å²) in [4.78, 5) is 16.9. The topological polar surface area (TPSA) is 132 Å². The highest BCUT2D eigenvalue weighted by Crippen LogP contribution is 2.07. The number of carbonyl (C=O) groups is 1. The lowest BCUT2D eigenvalue weighted by Crippen LogP contribution is -2.41. The summed E-state index contributed by atoms with van der Waals surface area (Å²) in [6.07, 6.45) is 0.886. The largest absolute Gasteiger partial charge is 0.480 e. The molecule has 0 saturated carbocycles. The van der Waals surface area contributed by atoms with E-state index in [0.29, 0.717) is 5.82 Å². The van der Waals surface area contributed by atoms with Crippen molar-refractivity contribution in [2.24, 2.45) is 0 Å². The molecule has 0 amide bonds. The highest BCUT2D eigenvalue weighted by molar-refractivity contribution is 7.89. The van der Waals surface area contributed by atoms with Crippen LogP contribution in [0.3, 0.4) is 0 Å². The summed E-state index contributed by atoms with van der Waals surface area (Å²) >= 11 is 0. The predicted molar refractivity (Wildman–Crippen MR) is 56.8 cm³/mol. The predicted octanol–water partition coefficient (Wildman–Crippen LogP) is -1.17. The van der Waals surface area contributed by atoms with Crippen LogP contribution in [-0.4, -0.2) is 47.2 Å². The molecule has 0 spiro atoms. The van der Waals surface area contributed by atoms with Crippen LogP contribution in [0.2, 0.25) is 0 Å². The number of sulfonamides is 1. The van der Waals surface area contributed by atoms with Gasteiger partial charge in [-0.25, -0.2) is 13.4 Å². The van der Waals surface area contributed by atoms with Crippen LogP contribution < -0.4 is 4.72 Å². The number of aliphatic carboxylic acids is 1. The molecular formula is C8H13N3O5S. The number of imidazole rings is 1. The summed E-state index contributed by atoms with van der Waals surface area (Å²) in [5.74, 6) is -0.946. The smallest absolute Gasteiger partial charge is 0.321 e. The Hall–Kier alpha value is -1.45. The lowest BCUT2D eigenvalue weighted by Gasteiger charge is -2.12. The van der Waals surface area contributed by atoms with Gasteiger partial charge in [-0.2, -0.15) is 4.72 Å². The van der Waals surface area contributed by atoms with Gasteiger partial charge in [0.25, 0.3) is 10.0 Å². The first kappa shape index (κ1) is 13.6. The van der Waals surface area contributed by atoms with E-state index in [1.54, 1.807) is 6.92 Å². The average Bonchev–Trinajstić information content (AvgIpc) is 2.64. The normalized spacial score (nSPS) is 13.5. The van der Waals surface area contributed by atoms with E-state index in [1.165, 1.54) is 0 Å². The standard InChI is InChI=1S/C8H13N3O5S/c1-5-9-4-7(10-5)17(15,16)11-6(2-3-12)8(13)14/h4,6,11-12H,2-3H2,1H3,(H,9,10)(H,13,14)/t6-/m1/s1. The molecule has 0 unspecified atom stereocenters. The number of hydrogen-bond acceptors (Lipinski definition) is 5. The highest BCUT2D eigenvalue weighted by Gasteiger charge is 2.25. The Balaban J connectivity index is 2.88. The third-order valence-electron chi connectivity index (χ3n) is 1.98. The van der Waals surface area contributed by atoms with E-state index in [1.807, 2.05) is 4.72 Å². The number of H-pyrrole nitrogens is 1. The van der Waals surface area contributed by atoms with Crippen LogP contribution in [0.4, 0.5) is 0 Å². The van der Waals surface area contributed by atoms with E-state index in [2.05, 4.69) is 9.97 Å².